The highest BCUT2D eigenvalue weighted by Crippen LogP contribution is 2.16. The topological polar surface area (TPSA) is 46.9 Å². The molecule has 0 aliphatic carbocycles. The van der Waals surface area contributed by atoms with Crippen molar-refractivity contribution in [3.63, 3.8) is 0 Å². The molecule has 1 aromatic heterocycles. The molecule has 4 nitrogen and oxygen atoms in total. The Balaban J connectivity index is 2.32. The van der Waals surface area contributed by atoms with E-state index in [9.17, 15) is 4.79 Å². The monoisotopic (exact) mass is 237 g/mol. The Bertz CT molecular complexity index is 404. The Kier molecular flexibility index (Phi) is 4.87. The SMILES string of the molecule is Cc1cnc(=O)n(CCNCCC(C)(C)C)c1. The Labute approximate surface area is 103 Å². The molecule has 0 aliphatic rings. The molecule has 96 valence electrons. The van der Waals surface area contributed by atoms with Crippen LogP contribution < -0.4 is 11.0 Å². The molecule has 0 amide bonds. The summed E-state index contributed by atoms with van der Waals surface area (Å²) in [6, 6.07) is 0. The molecule has 17 heavy (non-hydrogen) atoms. The van der Waals surface area contributed by atoms with E-state index in [2.05, 4.69) is 31.1 Å². The summed E-state index contributed by atoms with van der Waals surface area (Å²) < 4.78 is 1.65. The zero-order chi connectivity index (χ0) is 12.9. The summed E-state index contributed by atoms with van der Waals surface area (Å²) in [5, 5.41) is 3.35. The fourth-order valence-electron chi connectivity index (χ4n) is 1.51. The second-order valence-electron chi connectivity index (χ2n) is 5.67. The summed E-state index contributed by atoms with van der Waals surface area (Å²) in [6.45, 7) is 11.1. The average molecular weight is 237 g/mol. The van der Waals surface area contributed by atoms with Gasteiger partial charge in [-0.1, -0.05) is 20.8 Å². The highest BCUT2D eigenvalue weighted by atomic mass is 16.1. The molecule has 4 heteroatoms. The van der Waals surface area contributed by atoms with Crippen molar-refractivity contribution in [3.8, 4) is 0 Å². The van der Waals surface area contributed by atoms with Crippen LogP contribution in [0.2, 0.25) is 0 Å². The molecule has 1 heterocycles. The van der Waals surface area contributed by atoms with E-state index in [4.69, 9.17) is 0 Å². The lowest BCUT2D eigenvalue weighted by Crippen LogP contribution is -2.29. The third-order valence-electron chi connectivity index (χ3n) is 2.57. The molecular formula is C13H23N3O. The molecular weight excluding hydrogens is 214 g/mol. The van der Waals surface area contributed by atoms with Gasteiger partial charge in [0.25, 0.3) is 0 Å². The second-order valence-corrected chi connectivity index (χ2v) is 5.67. The van der Waals surface area contributed by atoms with E-state index in [0.29, 0.717) is 12.0 Å². The molecule has 0 spiro atoms. The fourth-order valence-corrected chi connectivity index (χ4v) is 1.51. The van der Waals surface area contributed by atoms with Crippen LogP contribution >= 0.6 is 0 Å². The number of aryl methyl sites for hydroxylation is 1. The first-order valence-electron chi connectivity index (χ1n) is 6.12. The Morgan fingerprint density at radius 3 is 2.71 bits per heavy atom. The van der Waals surface area contributed by atoms with Crippen LogP contribution in [0.1, 0.15) is 32.8 Å². The number of hydrogen-bond donors (Lipinski definition) is 1. The van der Waals surface area contributed by atoms with Gasteiger partial charge in [0.15, 0.2) is 0 Å². The van der Waals surface area contributed by atoms with Crippen LogP contribution in [0.5, 0.6) is 0 Å². The van der Waals surface area contributed by atoms with Crippen LogP contribution in [0, 0.1) is 12.3 Å². The third kappa shape index (κ3) is 5.63. The zero-order valence-electron chi connectivity index (χ0n) is 11.3. The van der Waals surface area contributed by atoms with Gasteiger partial charge in [-0.15, -0.1) is 0 Å². The molecule has 0 aromatic carbocycles. The number of aromatic nitrogens is 2. The van der Waals surface area contributed by atoms with Crippen LogP contribution in [0.4, 0.5) is 0 Å². The summed E-state index contributed by atoms with van der Waals surface area (Å²) in [4.78, 5) is 15.2. The largest absolute Gasteiger partial charge is 0.347 e. The van der Waals surface area contributed by atoms with E-state index in [1.54, 1.807) is 10.8 Å². The van der Waals surface area contributed by atoms with E-state index >= 15 is 0 Å². The molecule has 0 bridgehead atoms. The van der Waals surface area contributed by atoms with E-state index < -0.39 is 0 Å². The molecule has 0 unspecified atom stereocenters. The van der Waals surface area contributed by atoms with Gasteiger partial charge < -0.3 is 5.32 Å². The minimum atomic E-state index is -0.173. The smallest absolute Gasteiger partial charge is 0.315 e. The van der Waals surface area contributed by atoms with Crippen molar-refractivity contribution in [2.24, 2.45) is 5.41 Å². The maximum atomic E-state index is 11.4. The molecule has 1 rings (SSSR count). The van der Waals surface area contributed by atoms with E-state index in [-0.39, 0.29) is 5.69 Å². The van der Waals surface area contributed by atoms with Crippen molar-refractivity contribution >= 4 is 0 Å². The third-order valence-corrected chi connectivity index (χ3v) is 2.57. The maximum Gasteiger partial charge on any atom is 0.347 e. The van der Waals surface area contributed by atoms with Crippen molar-refractivity contribution in [2.75, 3.05) is 13.1 Å². The van der Waals surface area contributed by atoms with Gasteiger partial charge in [-0.3, -0.25) is 4.57 Å². The fraction of sp³-hybridized carbons (Fsp3) is 0.692. The van der Waals surface area contributed by atoms with Crippen molar-refractivity contribution in [1.29, 1.82) is 0 Å². The van der Waals surface area contributed by atoms with Gasteiger partial charge in [-0.2, -0.15) is 0 Å². The quantitative estimate of drug-likeness (QED) is 0.791. The Morgan fingerprint density at radius 1 is 1.35 bits per heavy atom. The van der Waals surface area contributed by atoms with Gasteiger partial charge in [-0.25, -0.2) is 9.78 Å². The van der Waals surface area contributed by atoms with Gasteiger partial charge >= 0.3 is 5.69 Å². The van der Waals surface area contributed by atoms with E-state index in [1.807, 2.05) is 13.1 Å². The van der Waals surface area contributed by atoms with E-state index in [0.717, 1.165) is 25.1 Å². The molecule has 0 saturated carbocycles. The number of rotatable bonds is 5. The van der Waals surface area contributed by atoms with Crippen molar-refractivity contribution in [2.45, 2.75) is 40.7 Å². The predicted octanol–water partition coefficient (Wildman–Crippen LogP) is 1.58. The van der Waals surface area contributed by atoms with Crippen LogP contribution in [0.25, 0.3) is 0 Å². The summed E-state index contributed by atoms with van der Waals surface area (Å²) in [7, 11) is 0. The maximum absolute atomic E-state index is 11.4. The standard InChI is InChI=1S/C13H23N3O/c1-11-9-15-12(17)16(10-11)8-7-14-6-5-13(2,3)4/h9-10,14H,5-8H2,1-4H3. The predicted molar refractivity (Wildman–Crippen MR) is 70.2 cm³/mol. The molecule has 0 radical (unpaired) electrons. The Morgan fingerprint density at radius 2 is 2.06 bits per heavy atom. The van der Waals surface area contributed by atoms with Gasteiger partial charge in [0, 0.05) is 25.5 Å². The number of nitrogens with zero attached hydrogens (tertiary/aromatic N) is 2. The molecule has 0 atom stereocenters. The lowest BCUT2D eigenvalue weighted by Gasteiger charge is -2.18. The highest BCUT2D eigenvalue weighted by Gasteiger charge is 2.08. The van der Waals surface area contributed by atoms with Crippen LogP contribution in [0.15, 0.2) is 17.2 Å². The minimum absolute atomic E-state index is 0.173. The van der Waals surface area contributed by atoms with Gasteiger partial charge in [-0.05, 0) is 30.9 Å². The zero-order valence-corrected chi connectivity index (χ0v) is 11.3. The molecule has 1 N–H and O–H groups in total. The molecule has 1 aromatic rings. The molecule has 0 aliphatic heterocycles. The highest BCUT2D eigenvalue weighted by molar-refractivity contribution is 4.99. The first kappa shape index (κ1) is 13.9. The van der Waals surface area contributed by atoms with Crippen LogP contribution in [-0.2, 0) is 6.54 Å². The lowest BCUT2D eigenvalue weighted by atomic mass is 9.92. The van der Waals surface area contributed by atoms with Gasteiger partial charge in [0.2, 0.25) is 0 Å². The van der Waals surface area contributed by atoms with Crippen molar-refractivity contribution < 1.29 is 0 Å². The number of hydrogen-bond acceptors (Lipinski definition) is 3. The van der Waals surface area contributed by atoms with Crippen molar-refractivity contribution in [3.05, 3.63) is 28.4 Å². The first-order valence-corrected chi connectivity index (χ1v) is 6.12. The number of nitrogens with one attached hydrogen (secondary N) is 1. The van der Waals surface area contributed by atoms with E-state index in [1.165, 1.54) is 0 Å². The minimum Gasteiger partial charge on any atom is -0.315 e. The average Bonchev–Trinajstić information content (AvgIpc) is 2.21. The van der Waals surface area contributed by atoms with Gasteiger partial charge in [0.1, 0.15) is 0 Å². The van der Waals surface area contributed by atoms with Crippen LogP contribution in [-0.4, -0.2) is 22.6 Å². The second kappa shape index (κ2) is 5.96. The summed E-state index contributed by atoms with van der Waals surface area (Å²) in [5.41, 5.74) is 1.20. The van der Waals surface area contributed by atoms with Gasteiger partial charge in [0.05, 0.1) is 0 Å². The summed E-state index contributed by atoms with van der Waals surface area (Å²) in [6.07, 6.45) is 4.58. The summed E-state index contributed by atoms with van der Waals surface area (Å²) >= 11 is 0. The summed E-state index contributed by atoms with van der Waals surface area (Å²) in [5.74, 6) is 0. The normalized spacial score (nSPS) is 11.8. The molecule has 0 saturated heterocycles. The van der Waals surface area contributed by atoms with Crippen molar-refractivity contribution in [1.82, 2.24) is 14.9 Å². The Hall–Kier alpha value is -1.16. The van der Waals surface area contributed by atoms with Crippen LogP contribution in [0.3, 0.4) is 0 Å². The lowest BCUT2D eigenvalue weighted by molar-refractivity contribution is 0.365. The molecule has 0 fully saturated rings. The first-order chi connectivity index (χ1) is 7.88.